The Bertz CT molecular complexity index is 242. The molecule has 86 valence electrons. The fourth-order valence-corrected chi connectivity index (χ4v) is 1.78. The number of aliphatic hydroxyl groups excluding tert-OH is 2. The van der Waals surface area contributed by atoms with Crippen LogP contribution in [0.25, 0.3) is 0 Å². The lowest BCUT2D eigenvalue weighted by atomic mass is 10.1. The standard InChI is InChI=1S/C8H13NO6/c1-4(10)15-6-2-5(3-9(13)14)7(11)8(6)12/h5-8,11-12H,2-3H2,1H3/t5-,6-,7+,8+/m1/s1. The fourth-order valence-electron chi connectivity index (χ4n) is 1.78. The van der Waals surface area contributed by atoms with Gasteiger partial charge in [0.05, 0.1) is 12.0 Å². The van der Waals surface area contributed by atoms with Crippen molar-refractivity contribution in [2.24, 2.45) is 5.92 Å². The van der Waals surface area contributed by atoms with Crippen LogP contribution in [0.2, 0.25) is 0 Å². The number of carbonyl (C=O) groups is 1. The van der Waals surface area contributed by atoms with Gasteiger partial charge in [-0.2, -0.15) is 0 Å². The summed E-state index contributed by atoms with van der Waals surface area (Å²) in [4.78, 5) is 20.3. The Hall–Kier alpha value is -1.21. The minimum Gasteiger partial charge on any atom is -0.460 e. The summed E-state index contributed by atoms with van der Waals surface area (Å²) in [7, 11) is 0. The van der Waals surface area contributed by atoms with Crippen LogP contribution in [-0.4, -0.2) is 46.0 Å². The van der Waals surface area contributed by atoms with Gasteiger partial charge < -0.3 is 14.9 Å². The third-order valence-electron chi connectivity index (χ3n) is 2.45. The molecule has 0 aromatic rings. The van der Waals surface area contributed by atoms with Crippen LogP contribution in [0.3, 0.4) is 0 Å². The highest BCUT2D eigenvalue weighted by molar-refractivity contribution is 5.66. The summed E-state index contributed by atoms with van der Waals surface area (Å²) < 4.78 is 4.73. The van der Waals surface area contributed by atoms with E-state index in [1.807, 2.05) is 0 Å². The van der Waals surface area contributed by atoms with Crippen molar-refractivity contribution in [1.29, 1.82) is 0 Å². The maximum Gasteiger partial charge on any atom is 0.302 e. The second-order valence-corrected chi connectivity index (χ2v) is 3.64. The molecule has 7 heteroatoms. The van der Waals surface area contributed by atoms with Crippen LogP contribution in [-0.2, 0) is 9.53 Å². The van der Waals surface area contributed by atoms with E-state index in [9.17, 15) is 25.1 Å². The molecular weight excluding hydrogens is 206 g/mol. The van der Waals surface area contributed by atoms with Crippen molar-refractivity contribution in [2.75, 3.05) is 6.54 Å². The van der Waals surface area contributed by atoms with Crippen molar-refractivity contribution in [3.63, 3.8) is 0 Å². The summed E-state index contributed by atoms with van der Waals surface area (Å²) in [5.41, 5.74) is 0. The second kappa shape index (κ2) is 4.54. The van der Waals surface area contributed by atoms with Crippen molar-refractivity contribution in [3.8, 4) is 0 Å². The van der Waals surface area contributed by atoms with Gasteiger partial charge >= 0.3 is 5.97 Å². The molecule has 0 unspecified atom stereocenters. The molecule has 1 fully saturated rings. The highest BCUT2D eigenvalue weighted by Gasteiger charge is 2.45. The van der Waals surface area contributed by atoms with E-state index in [-0.39, 0.29) is 6.42 Å². The molecule has 0 bridgehead atoms. The van der Waals surface area contributed by atoms with Crippen molar-refractivity contribution >= 4 is 5.97 Å². The summed E-state index contributed by atoms with van der Waals surface area (Å²) in [6, 6.07) is 0. The lowest BCUT2D eigenvalue weighted by Crippen LogP contribution is -2.34. The molecule has 0 aromatic heterocycles. The predicted octanol–water partition coefficient (Wildman–Crippen LogP) is -1.06. The summed E-state index contributed by atoms with van der Waals surface area (Å²) in [5, 5.41) is 29.1. The molecule has 0 heterocycles. The third kappa shape index (κ3) is 2.87. The van der Waals surface area contributed by atoms with Crippen molar-refractivity contribution < 1.29 is 24.7 Å². The third-order valence-corrected chi connectivity index (χ3v) is 2.45. The lowest BCUT2D eigenvalue weighted by molar-refractivity contribution is -0.490. The van der Waals surface area contributed by atoms with Gasteiger partial charge in [-0.15, -0.1) is 0 Å². The highest BCUT2D eigenvalue weighted by atomic mass is 16.6. The molecule has 0 saturated heterocycles. The molecule has 0 aromatic carbocycles. The number of hydrogen-bond acceptors (Lipinski definition) is 6. The summed E-state index contributed by atoms with van der Waals surface area (Å²) in [6.07, 6.45) is -3.18. The van der Waals surface area contributed by atoms with E-state index in [4.69, 9.17) is 4.74 Å². The van der Waals surface area contributed by atoms with Gasteiger partial charge in [-0.1, -0.05) is 0 Å². The molecule has 0 aliphatic heterocycles. The number of nitro groups is 1. The van der Waals surface area contributed by atoms with Crippen molar-refractivity contribution in [3.05, 3.63) is 10.1 Å². The molecule has 0 amide bonds. The average Bonchev–Trinajstić information content (AvgIpc) is 2.32. The quantitative estimate of drug-likeness (QED) is 0.355. The molecule has 1 rings (SSSR count). The van der Waals surface area contributed by atoms with Gasteiger partial charge in [0.25, 0.3) is 0 Å². The molecule has 1 saturated carbocycles. The zero-order valence-electron chi connectivity index (χ0n) is 8.20. The zero-order valence-corrected chi connectivity index (χ0v) is 8.20. The maximum absolute atomic E-state index is 10.6. The smallest absolute Gasteiger partial charge is 0.302 e. The van der Waals surface area contributed by atoms with Crippen molar-refractivity contribution in [1.82, 2.24) is 0 Å². The van der Waals surface area contributed by atoms with E-state index in [1.54, 1.807) is 0 Å². The molecule has 15 heavy (non-hydrogen) atoms. The number of rotatable bonds is 3. The average molecular weight is 219 g/mol. The Labute approximate surface area is 85.8 Å². The number of ether oxygens (including phenoxy) is 1. The number of aliphatic hydroxyl groups is 2. The largest absolute Gasteiger partial charge is 0.460 e. The van der Waals surface area contributed by atoms with Crippen LogP contribution in [0.4, 0.5) is 0 Å². The van der Waals surface area contributed by atoms with Crippen LogP contribution in [0.15, 0.2) is 0 Å². The number of nitrogens with zero attached hydrogens (tertiary/aromatic N) is 1. The molecule has 1 aliphatic carbocycles. The SMILES string of the molecule is CC(=O)O[C@@H]1C[C@H](C[N+](=O)[O-])[C@H](O)[C@H]1O. The van der Waals surface area contributed by atoms with Crippen LogP contribution in [0, 0.1) is 16.0 Å². The van der Waals surface area contributed by atoms with Crippen LogP contribution in [0.1, 0.15) is 13.3 Å². The van der Waals surface area contributed by atoms with Gasteiger partial charge in [-0.3, -0.25) is 14.9 Å². The normalized spacial score (nSPS) is 35.1. The van der Waals surface area contributed by atoms with Crippen molar-refractivity contribution in [2.45, 2.75) is 31.7 Å². The molecule has 0 spiro atoms. The van der Waals surface area contributed by atoms with Gasteiger partial charge in [0.15, 0.2) is 0 Å². The minimum absolute atomic E-state index is 0.114. The van der Waals surface area contributed by atoms with E-state index in [0.717, 1.165) is 0 Å². The van der Waals surface area contributed by atoms with Crippen LogP contribution in [0.5, 0.6) is 0 Å². The molecule has 7 nitrogen and oxygen atoms in total. The summed E-state index contributed by atoms with van der Waals surface area (Å²) in [5.74, 6) is -1.24. The number of hydrogen-bond donors (Lipinski definition) is 2. The van der Waals surface area contributed by atoms with E-state index in [1.165, 1.54) is 6.92 Å². The Balaban J connectivity index is 2.58. The molecular formula is C8H13NO6. The lowest BCUT2D eigenvalue weighted by Gasteiger charge is -2.15. The first-order valence-electron chi connectivity index (χ1n) is 4.57. The zero-order chi connectivity index (χ0) is 11.6. The topological polar surface area (TPSA) is 110 Å². The van der Waals surface area contributed by atoms with E-state index in [0.29, 0.717) is 0 Å². The first-order chi connectivity index (χ1) is 6.91. The van der Waals surface area contributed by atoms with Crippen LogP contribution < -0.4 is 0 Å². The Morgan fingerprint density at radius 1 is 1.53 bits per heavy atom. The van der Waals surface area contributed by atoms with Gasteiger partial charge in [0.2, 0.25) is 6.54 Å². The Morgan fingerprint density at radius 2 is 2.13 bits per heavy atom. The monoisotopic (exact) mass is 219 g/mol. The Morgan fingerprint density at radius 3 is 2.60 bits per heavy atom. The number of esters is 1. The highest BCUT2D eigenvalue weighted by Crippen LogP contribution is 2.29. The Kier molecular flexibility index (Phi) is 3.59. The number of carbonyl (C=O) groups excluding carboxylic acids is 1. The molecule has 0 radical (unpaired) electrons. The molecule has 1 aliphatic rings. The van der Waals surface area contributed by atoms with E-state index < -0.39 is 41.7 Å². The summed E-state index contributed by atoms with van der Waals surface area (Å²) >= 11 is 0. The van der Waals surface area contributed by atoms with Gasteiger partial charge in [-0.05, 0) is 6.42 Å². The van der Waals surface area contributed by atoms with Gasteiger partial charge in [-0.25, -0.2) is 0 Å². The molecule has 2 N–H and O–H groups in total. The van der Waals surface area contributed by atoms with E-state index >= 15 is 0 Å². The minimum atomic E-state index is -1.24. The first kappa shape index (κ1) is 11.9. The molecule has 4 atom stereocenters. The summed E-state index contributed by atoms with van der Waals surface area (Å²) in [6.45, 7) is 0.746. The van der Waals surface area contributed by atoms with Crippen LogP contribution >= 0.6 is 0 Å². The van der Waals surface area contributed by atoms with E-state index in [2.05, 4.69) is 0 Å². The fraction of sp³-hybridized carbons (Fsp3) is 0.875. The maximum atomic E-state index is 10.6. The van der Waals surface area contributed by atoms with Gasteiger partial charge in [0, 0.05) is 11.8 Å². The first-order valence-corrected chi connectivity index (χ1v) is 4.57. The van der Waals surface area contributed by atoms with Gasteiger partial charge in [0.1, 0.15) is 12.2 Å². The predicted molar refractivity (Wildman–Crippen MR) is 47.5 cm³/mol. The second-order valence-electron chi connectivity index (χ2n) is 3.64.